The summed E-state index contributed by atoms with van der Waals surface area (Å²) in [6.45, 7) is 9.79. The standard InChI is InChI=1S/C10H21NOS/c1-5-8(3)7-11(6-2)10(12)9(4)13/h8-9,13H,5-7H2,1-4H3. The first-order valence-electron chi connectivity index (χ1n) is 4.99. The minimum atomic E-state index is -0.177. The summed E-state index contributed by atoms with van der Waals surface area (Å²) in [7, 11) is 0. The van der Waals surface area contributed by atoms with E-state index in [4.69, 9.17) is 0 Å². The van der Waals surface area contributed by atoms with E-state index in [1.54, 1.807) is 0 Å². The third-order valence-corrected chi connectivity index (χ3v) is 2.50. The molecule has 0 aromatic heterocycles. The smallest absolute Gasteiger partial charge is 0.235 e. The molecule has 1 amide bonds. The minimum Gasteiger partial charge on any atom is -0.342 e. The maximum absolute atomic E-state index is 11.6. The van der Waals surface area contributed by atoms with Crippen molar-refractivity contribution in [2.45, 2.75) is 39.4 Å². The Kier molecular flexibility index (Phi) is 6.21. The molecular weight excluding hydrogens is 182 g/mol. The van der Waals surface area contributed by atoms with Crippen molar-refractivity contribution in [3.05, 3.63) is 0 Å². The van der Waals surface area contributed by atoms with Gasteiger partial charge < -0.3 is 4.90 Å². The molecule has 0 aliphatic rings. The fourth-order valence-corrected chi connectivity index (χ4v) is 1.31. The van der Waals surface area contributed by atoms with Gasteiger partial charge in [-0.25, -0.2) is 0 Å². The first-order valence-corrected chi connectivity index (χ1v) is 5.51. The van der Waals surface area contributed by atoms with Crippen molar-refractivity contribution < 1.29 is 4.79 Å². The van der Waals surface area contributed by atoms with Gasteiger partial charge >= 0.3 is 0 Å². The van der Waals surface area contributed by atoms with E-state index in [9.17, 15) is 4.79 Å². The van der Waals surface area contributed by atoms with Crippen LogP contribution in [0.1, 0.15) is 34.1 Å². The lowest BCUT2D eigenvalue weighted by molar-refractivity contribution is -0.130. The van der Waals surface area contributed by atoms with E-state index in [0.29, 0.717) is 5.92 Å². The lowest BCUT2D eigenvalue weighted by Crippen LogP contribution is -2.38. The van der Waals surface area contributed by atoms with Gasteiger partial charge in [0.15, 0.2) is 0 Å². The fraction of sp³-hybridized carbons (Fsp3) is 0.900. The lowest BCUT2D eigenvalue weighted by atomic mass is 10.1. The quantitative estimate of drug-likeness (QED) is 0.679. The van der Waals surface area contributed by atoms with Gasteiger partial charge in [-0.2, -0.15) is 12.6 Å². The highest BCUT2D eigenvalue weighted by molar-refractivity contribution is 7.81. The number of rotatable bonds is 5. The van der Waals surface area contributed by atoms with Crippen molar-refractivity contribution in [1.82, 2.24) is 4.90 Å². The third-order valence-electron chi connectivity index (χ3n) is 2.28. The zero-order valence-corrected chi connectivity index (χ0v) is 9.97. The Hall–Kier alpha value is -0.180. The number of thiol groups is 1. The summed E-state index contributed by atoms with van der Waals surface area (Å²) >= 11 is 4.15. The summed E-state index contributed by atoms with van der Waals surface area (Å²) in [5.74, 6) is 0.724. The van der Waals surface area contributed by atoms with Crippen molar-refractivity contribution >= 4 is 18.5 Å². The van der Waals surface area contributed by atoms with Crippen molar-refractivity contribution in [3.63, 3.8) is 0 Å². The molecule has 2 unspecified atom stereocenters. The summed E-state index contributed by atoms with van der Waals surface area (Å²) in [6.07, 6.45) is 1.12. The van der Waals surface area contributed by atoms with Crippen LogP contribution < -0.4 is 0 Å². The summed E-state index contributed by atoms with van der Waals surface area (Å²) in [5.41, 5.74) is 0. The molecule has 0 heterocycles. The topological polar surface area (TPSA) is 20.3 Å². The van der Waals surface area contributed by atoms with E-state index in [2.05, 4.69) is 26.5 Å². The van der Waals surface area contributed by atoms with Crippen LogP contribution in [0.5, 0.6) is 0 Å². The Morgan fingerprint density at radius 1 is 1.38 bits per heavy atom. The Balaban J connectivity index is 4.10. The predicted octanol–water partition coefficient (Wildman–Crippen LogP) is 2.20. The number of nitrogens with zero attached hydrogens (tertiary/aromatic N) is 1. The van der Waals surface area contributed by atoms with Crippen LogP contribution in [-0.2, 0) is 4.79 Å². The molecule has 3 heteroatoms. The van der Waals surface area contributed by atoms with E-state index in [-0.39, 0.29) is 11.2 Å². The zero-order valence-electron chi connectivity index (χ0n) is 9.08. The largest absolute Gasteiger partial charge is 0.342 e. The van der Waals surface area contributed by atoms with Crippen molar-refractivity contribution in [2.24, 2.45) is 5.92 Å². The molecule has 0 saturated carbocycles. The summed E-state index contributed by atoms with van der Waals surface area (Å²) < 4.78 is 0. The van der Waals surface area contributed by atoms with E-state index < -0.39 is 0 Å². The van der Waals surface area contributed by atoms with Gasteiger partial charge in [-0.05, 0) is 19.8 Å². The van der Waals surface area contributed by atoms with Crippen LogP contribution in [-0.4, -0.2) is 29.1 Å². The van der Waals surface area contributed by atoms with Crippen LogP contribution in [0.4, 0.5) is 0 Å². The molecule has 13 heavy (non-hydrogen) atoms. The van der Waals surface area contributed by atoms with E-state index in [0.717, 1.165) is 19.5 Å². The van der Waals surface area contributed by atoms with Crippen LogP contribution in [0.2, 0.25) is 0 Å². The minimum absolute atomic E-state index is 0.145. The molecular formula is C10H21NOS. The molecule has 78 valence electrons. The monoisotopic (exact) mass is 203 g/mol. The Morgan fingerprint density at radius 3 is 2.23 bits per heavy atom. The van der Waals surface area contributed by atoms with Gasteiger partial charge in [0.2, 0.25) is 5.91 Å². The van der Waals surface area contributed by atoms with E-state index >= 15 is 0 Å². The van der Waals surface area contributed by atoms with Gasteiger partial charge in [0, 0.05) is 13.1 Å². The molecule has 0 aromatic carbocycles. The summed E-state index contributed by atoms with van der Waals surface area (Å²) in [5, 5.41) is -0.177. The van der Waals surface area contributed by atoms with Crippen molar-refractivity contribution in [1.29, 1.82) is 0 Å². The third kappa shape index (κ3) is 4.55. The highest BCUT2D eigenvalue weighted by Gasteiger charge is 2.17. The average Bonchev–Trinajstić information content (AvgIpc) is 2.12. The van der Waals surface area contributed by atoms with Gasteiger partial charge in [0.05, 0.1) is 5.25 Å². The predicted molar refractivity (Wildman–Crippen MR) is 60.2 cm³/mol. The fourth-order valence-electron chi connectivity index (χ4n) is 1.14. The van der Waals surface area contributed by atoms with Gasteiger partial charge in [-0.15, -0.1) is 0 Å². The van der Waals surface area contributed by atoms with Gasteiger partial charge in [-0.1, -0.05) is 20.3 Å². The number of hydrogen-bond donors (Lipinski definition) is 1. The number of carbonyl (C=O) groups is 1. The second-order valence-electron chi connectivity index (χ2n) is 3.57. The van der Waals surface area contributed by atoms with E-state index in [1.165, 1.54) is 0 Å². The Bertz CT molecular complexity index is 159. The molecule has 0 bridgehead atoms. The number of hydrogen-bond acceptors (Lipinski definition) is 2. The average molecular weight is 203 g/mol. The normalized spacial score (nSPS) is 15.2. The van der Waals surface area contributed by atoms with Crippen molar-refractivity contribution in [2.75, 3.05) is 13.1 Å². The van der Waals surface area contributed by atoms with E-state index in [1.807, 2.05) is 18.7 Å². The van der Waals surface area contributed by atoms with Crippen LogP contribution in [0.15, 0.2) is 0 Å². The molecule has 0 rings (SSSR count). The first-order chi connectivity index (χ1) is 6.02. The maximum atomic E-state index is 11.6. The molecule has 0 saturated heterocycles. The van der Waals surface area contributed by atoms with Gasteiger partial charge in [0.1, 0.15) is 0 Å². The Morgan fingerprint density at radius 2 is 1.92 bits per heavy atom. The highest BCUT2D eigenvalue weighted by Crippen LogP contribution is 2.07. The Labute approximate surface area is 87.1 Å². The molecule has 2 atom stereocenters. The lowest BCUT2D eigenvalue weighted by Gasteiger charge is -2.25. The number of amides is 1. The zero-order chi connectivity index (χ0) is 10.4. The number of carbonyl (C=O) groups excluding carboxylic acids is 1. The van der Waals surface area contributed by atoms with Crippen LogP contribution in [0, 0.1) is 5.92 Å². The molecule has 0 aliphatic heterocycles. The molecule has 0 fully saturated rings. The van der Waals surface area contributed by atoms with Crippen LogP contribution in [0.25, 0.3) is 0 Å². The second kappa shape index (κ2) is 6.30. The molecule has 0 radical (unpaired) electrons. The van der Waals surface area contributed by atoms with Crippen LogP contribution >= 0.6 is 12.6 Å². The summed E-state index contributed by atoms with van der Waals surface area (Å²) in [6, 6.07) is 0. The molecule has 0 aliphatic carbocycles. The second-order valence-corrected chi connectivity index (χ2v) is 4.34. The molecule has 0 N–H and O–H groups in total. The maximum Gasteiger partial charge on any atom is 0.235 e. The van der Waals surface area contributed by atoms with Crippen LogP contribution in [0.3, 0.4) is 0 Å². The molecule has 0 spiro atoms. The van der Waals surface area contributed by atoms with Gasteiger partial charge in [0.25, 0.3) is 0 Å². The van der Waals surface area contributed by atoms with Gasteiger partial charge in [-0.3, -0.25) is 4.79 Å². The molecule has 2 nitrogen and oxygen atoms in total. The first kappa shape index (κ1) is 12.8. The highest BCUT2D eigenvalue weighted by atomic mass is 32.1. The van der Waals surface area contributed by atoms with Crippen molar-refractivity contribution in [3.8, 4) is 0 Å². The summed E-state index contributed by atoms with van der Waals surface area (Å²) in [4.78, 5) is 13.5. The SMILES string of the molecule is CCC(C)CN(CC)C(=O)C(C)S. The molecule has 0 aromatic rings.